The zero-order valence-corrected chi connectivity index (χ0v) is 21.8. The molecule has 0 aliphatic carbocycles. The summed E-state index contributed by atoms with van der Waals surface area (Å²) in [5, 5.41) is 3.72. The largest absolute Gasteiger partial charge is 0.480 e. The lowest BCUT2D eigenvalue weighted by Gasteiger charge is -2.26. The molecule has 5 rings (SSSR count). The van der Waals surface area contributed by atoms with Gasteiger partial charge in [0.05, 0.1) is 31.0 Å². The number of fused-ring (bicyclic) bond motifs is 1. The Morgan fingerprint density at radius 2 is 1.97 bits per heavy atom. The van der Waals surface area contributed by atoms with Crippen molar-refractivity contribution < 1.29 is 14.3 Å². The molecule has 1 fully saturated rings. The van der Waals surface area contributed by atoms with E-state index in [0.29, 0.717) is 39.8 Å². The summed E-state index contributed by atoms with van der Waals surface area (Å²) in [6.45, 7) is 7.65. The molecule has 11 heteroatoms. The molecule has 0 unspecified atom stereocenters. The maximum atomic E-state index is 13.3. The molecule has 192 valence electrons. The van der Waals surface area contributed by atoms with E-state index in [-0.39, 0.29) is 11.5 Å². The van der Waals surface area contributed by atoms with Crippen LogP contribution in [-0.2, 0) is 11.2 Å². The lowest BCUT2D eigenvalue weighted by atomic mass is 10.1. The van der Waals surface area contributed by atoms with Gasteiger partial charge in [-0.2, -0.15) is 0 Å². The number of aryl methyl sites for hydroxylation is 2. The monoisotopic (exact) mass is 520 g/mol. The SMILES string of the molecule is COc1ncc(-c2ccc3ncc(CCN4CCOCC4)c(=O)n3c2)cc1NC(=O)c1sc(C)nc1C. The summed E-state index contributed by atoms with van der Waals surface area (Å²) in [6, 6.07) is 5.46. The summed E-state index contributed by atoms with van der Waals surface area (Å²) >= 11 is 1.33. The number of rotatable bonds is 7. The van der Waals surface area contributed by atoms with Gasteiger partial charge in [0.25, 0.3) is 11.5 Å². The molecule has 0 spiro atoms. The van der Waals surface area contributed by atoms with E-state index in [0.717, 1.165) is 49.0 Å². The minimum Gasteiger partial charge on any atom is -0.480 e. The van der Waals surface area contributed by atoms with Crippen LogP contribution in [0.25, 0.3) is 16.8 Å². The fourth-order valence-corrected chi connectivity index (χ4v) is 5.16. The number of anilines is 1. The maximum Gasteiger partial charge on any atom is 0.267 e. The Labute approximate surface area is 217 Å². The van der Waals surface area contributed by atoms with Gasteiger partial charge in [-0.1, -0.05) is 0 Å². The zero-order valence-electron chi connectivity index (χ0n) is 21.0. The Balaban J connectivity index is 1.43. The highest BCUT2D eigenvalue weighted by atomic mass is 32.1. The van der Waals surface area contributed by atoms with Crippen LogP contribution < -0.4 is 15.6 Å². The summed E-state index contributed by atoms with van der Waals surface area (Å²) in [4.78, 5) is 42.2. The van der Waals surface area contributed by atoms with E-state index in [9.17, 15) is 9.59 Å². The van der Waals surface area contributed by atoms with Gasteiger partial charge >= 0.3 is 0 Å². The number of ether oxygens (including phenoxy) is 2. The van der Waals surface area contributed by atoms with E-state index >= 15 is 0 Å². The van der Waals surface area contributed by atoms with Gasteiger partial charge in [-0.3, -0.25) is 18.9 Å². The molecule has 0 atom stereocenters. The number of aromatic nitrogens is 4. The standard InChI is InChI=1S/C26H28N6O4S/c1-16-23(37-17(2)29-16)24(33)30-21-12-20(14-28-25(21)35-3)19-4-5-22-27-13-18(26(34)32(22)15-19)6-7-31-8-10-36-11-9-31/h4-5,12-15H,6-11H2,1-3H3,(H,30,33). The third-order valence-corrected chi connectivity index (χ3v) is 7.38. The van der Waals surface area contributed by atoms with Gasteiger partial charge in [0.1, 0.15) is 16.2 Å². The molecule has 4 aromatic rings. The smallest absolute Gasteiger partial charge is 0.267 e. The van der Waals surface area contributed by atoms with Crippen molar-refractivity contribution in [2.45, 2.75) is 20.3 Å². The average molecular weight is 521 g/mol. The van der Waals surface area contributed by atoms with Crippen LogP contribution in [0.3, 0.4) is 0 Å². The van der Waals surface area contributed by atoms with Crippen molar-refractivity contribution in [3.8, 4) is 17.0 Å². The third kappa shape index (κ3) is 5.38. The van der Waals surface area contributed by atoms with Gasteiger partial charge in [-0.15, -0.1) is 11.3 Å². The molecular formula is C26H28N6O4S. The first-order chi connectivity index (χ1) is 17.9. The van der Waals surface area contributed by atoms with E-state index in [1.165, 1.54) is 18.4 Å². The number of thiazole rings is 1. The molecule has 0 aromatic carbocycles. The average Bonchev–Trinajstić information content (AvgIpc) is 3.26. The highest BCUT2D eigenvalue weighted by Crippen LogP contribution is 2.29. The predicted molar refractivity (Wildman–Crippen MR) is 142 cm³/mol. The number of nitrogens with zero attached hydrogens (tertiary/aromatic N) is 5. The fourth-order valence-electron chi connectivity index (χ4n) is 4.34. The Hall–Kier alpha value is -3.67. The highest BCUT2D eigenvalue weighted by Gasteiger charge is 2.18. The number of nitrogens with one attached hydrogen (secondary N) is 1. The highest BCUT2D eigenvalue weighted by molar-refractivity contribution is 7.13. The Morgan fingerprint density at radius 3 is 2.70 bits per heavy atom. The Kier molecular flexibility index (Phi) is 7.26. The number of carbonyl (C=O) groups is 1. The zero-order chi connectivity index (χ0) is 25.9. The first kappa shape index (κ1) is 25.0. The van der Waals surface area contributed by atoms with Crippen molar-refractivity contribution in [2.24, 2.45) is 0 Å². The van der Waals surface area contributed by atoms with Crippen LogP contribution in [0.2, 0.25) is 0 Å². The van der Waals surface area contributed by atoms with Crippen LogP contribution in [0, 0.1) is 13.8 Å². The number of pyridine rings is 2. The second kappa shape index (κ2) is 10.8. The van der Waals surface area contributed by atoms with Gasteiger partial charge in [0, 0.05) is 54.9 Å². The quantitative estimate of drug-likeness (QED) is 0.396. The second-order valence-electron chi connectivity index (χ2n) is 8.82. The molecule has 1 saturated heterocycles. The predicted octanol–water partition coefficient (Wildman–Crippen LogP) is 2.97. The third-order valence-electron chi connectivity index (χ3n) is 6.31. The van der Waals surface area contributed by atoms with Gasteiger partial charge < -0.3 is 14.8 Å². The van der Waals surface area contributed by atoms with Crippen molar-refractivity contribution in [2.75, 3.05) is 45.3 Å². The molecule has 0 radical (unpaired) electrons. The van der Waals surface area contributed by atoms with Crippen LogP contribution >= 0.6 is 11.3 Å². The molecular weight excluding hydrogens is 492 g/mol. The van der Waals surface area contributed by atoms with Crippen molar-refractivity contribution in [3.05, 3.63) is 68.3 Å². The molecule has 0 saturated carbocycles. The molecule has 10 nitrogen and oxygen atoms in total. The summed E-state index contributed by atoms with van der Waals surface area (Å²) in [5.41, 5.74) is 3.73. The van der Waals surface area contributed by atoms with Crippen molar-refractivity contribution in [3.63, 3.8) is 0 Å². The van der Waals surface area contributed by atoms with Crippen molar-refractivity contribution in [1.82, 2.24) is 24.3 Å². The first-order valence-electron chi connectivity index (χ1n) is 12.0. The first-order valence-corrected chi connectivity index (χ1v) is 12.8. The molecule has 4 aromatic heterocycles. The molecule has 5 heterocycles. The summed E-state index contributed by atoms with van der Waals surface area (Å²) < 4.78 is 12.3. The summed E-state index contributed by atoms with van der Waals surface area (Å²) in [5.74, 6) is 0.0187. The molecule has 37 heavy (non-hydrogen) atoms. The molecule has 1 aliphatic rings. The number of amides is 1. The number of hydrogen-bond donors (Lipinski definition) is 1. The number of carbonyl (C=O) groups excluding carboxylic acids is 1. The fraction of sp³-hybridized carbons (Fsp3) is 0.346. The number of hydrogen-bond acceptors (Lipinski definition) is 9. The minimum absolute atomic E-state index is 0.0915. The van der Waals surface area contributed by atoms with E-state index in [1.807, 2.05) is 13.0 Å². The van der Waals surface area contributed by atoms with Gasteiger partial charge in [0.15, 0.2) is 0 Å². The number of morpholine rings is 1. The molecule has 1 N–H and O–H groups in total. The topological polar surface area (TPSA) is 111 Å². The summed E-state index contributed by atoms with van der Waals surface area (Å²) in [6.07, 6.45) is 5.70. The molecule has 0 bridgehead atoms. The van der Waals surface area contributed by atoms with E-state index in [2.05, 4.69) is 25.2 Å². The van der Waals surface area contributed by atoms with Gasteiger partial charge in [0.2, 0.25) is 5.88 Å². The van der Waals surface area contributed by atoms with Crippen molar-refractivity contribution >= 4 is 28.6 Å². The Bertz CT molecular complexity index is 1510. The Morgan fingerprint density at radius 1 is 1.16 bits per heavy atom. The number of methoxy groups -OCH3 is 1. The molecule has 1 amide bonds. The van der Waals surface area contributed by atoms with E-state index in [1.54, 1.807) is 42.0 Å². The van der Waals surface area contributed by atoms with Crippen LogP contribution in [0.1, 0.15) is 25.9 Å². The van der Waals surface area contributed by atoms with Gasteiger partial charge in [-0.05, 0) is 38.5 Å². The van der Waals surface area contributed by atoms with E-state index < -0.39 is 0 Å². The van der Waals surface area contributed by atoms with Crippen LogP contribution in [-0.4, -0.2) is 70.1 Å². The van der Waals surface area contributed by atoms with Crippen LogP contribution in [0.4, 0.5) is 5.69 Å². The minimum atomic E-state index is -0.274. The van der Waals surface area contributed by atoms with Gasteiger partial charge in [-0.25, -0.2) is 15.0 Å². The lowest BCUT2D eigenvalue weighted by molar-refractivity contribution is 0.0384. The normalized spacial score (nSPS) is 14.1. The maximum absolute atomic E-state index is 13.3. The summed E-state index contributed by atoms with van der Waals surface area (Å²) in [7, 11) is 1.50. The van der Waals surface area contributed by atoms with Crippen LogP contribution in [0.15, 0.2) is 41.6 Å². The van der Waals surface area contributed by atoms with E-state index in [4.69, 9.17) is 9.47 Å². The second-order valence-corrected chi connectivity index (χ2v) is 10.0. The lowest BCUT2D eigenvalue weighted by Crippen LogP contribution is -2.38. The van der Waals surface area contributed by atoms with Crippen LogP contribution in [0.5, 0.6) is 5.88 Å². The molecule has 1 aliphatic heterocycles. The van der Waals surface area contributed by atoms with Crippen molar-refractivity contribution in [1.29, 1.82) is 0 Å².